The molecule has 0 unspecified atom stereocenters. The molecule has 11 heavy (non-hydrogen) atoms. The Hall–Kier alpha value is -0.960. The molecule has 56 valence electrons. The Labute approximate surface area is 67.7 Å². The highest BCUT2D eigenvalue weighted by Crippen LogP contribution is 2.43. The van der Waals surface area contributed by atoms with Crippen molar-refractivity contribution in [3.8, 4) is 0 Å². The van der Waals surface area contributed by atoms with Crippen molar-refractivity contribution in [3.63, 3.8) is 0 Å². The summed E-state index contributed by atoms with van der Waals surface area (Å²) in [7, 11) is 0. The minimum Gasteiger partial charge on any atom is -0.207 e. The highest BCUT2D eigenvalue weighted by atomic mass is 35.5. The van der Waals surface area contributed by atoms with Gasteiger partial charge in [-0.05, 0) is 12.1 Å². The first-order valence-electron chi connectivity index (χ1n) is 3.10. The van der Waals surface area contributed by atoms with Gasteiger partial charge in [-0.3, -0.25) is 0 Å². The molecule has 1 heterocycles. The van der Waals surface area contributed by atoms with Crippen molar-refractivity contribution >= 4 is 11.6 Å². The van der Waals surface area contributed by atoms with E-state index >= 15 is 0 Å². The van der Waals surface area contributed by atoms with Gasteiger partial charge in [0.05, 0.1) is 0 Å². The summed E-state index contributed by atoms with van der Waals surface area (Å²) in [4.78, 5) is 0. The lowest BCUT2D eigenvalue weighted by Gasteiger charge is -1.99. The highest BCUT2D eigenvalue weighted by Gasteiger charge is 2.39. The maximum absolute atomic E-state index is 12.6. The smallest absolute Gasteiger partial charge is 0.207 e. The van der Waals surface area contributed by atoms with E-state index < -0.39 is 5.12 Å². The fourth-order valence-electron chi connectivity index (χ4n) is 0.846. The maximum atomic E-state index is 12.6. The Morgan fingerprint density at radius 1 is 1.36 bits per heavy atom. The molecule has 0 spiro atoms. The summed E-state index contributed by atoms with van der Waals surface area (Å²) in [6.07, 6.45) is 0. The highest BCUT2D eigenvalue weighted by molar-refractivity contribution is 6.24. The van der Waals surface area contributed by atoms with E-state index in [4.69, 9.17) is 11.6 Å². The number of alkyl halides is 1. The molecule has 0 saturated carbocycles. The molecular weight excluding hydrogens is 167 g/mol. The summed E-state index contributed by atoms with van der Waals surface area (Å²) in [6, 6.07) is 5.95. The zero-order chi connectivity index (χ0) is 7.90. The lowest BCUT2D eigenvalue weighted by molar-refractivity contribution is 0.624. The number of hydrogen-bond acceptors (Lipinski definition) is 2. The third-order valence-electron chi connectivity index (χ3n) is 1.47. The van der Waals surface area contributed by atoms with Crippen LogP contribution in [0.2, 0.25) is 0 Å². The normalized spacial score (nSPS) is 18.4. The second kappa shape index (κ2) is 2.01. The summed E-state index contributed by atoms with van der Waals surface area (Å²) in [5.74, 6) is -0.320. The van der Waals surface area contributed by atoms with E-state index in [1.807, 2.05) is 0 Å². The van der Waals surface area contributed by atoms with Crippen LogP contribution in [0.4, 0.5) is 4.39 Å². The third-order valence-corrected chi connectivity index (χ3v) is 1.84. The van der Waals surface area contributed by atoms with E-state index in [2.05, 4.69) is 10.2 Å². The van der Waals surface area contributed by atoms with Crippen LogP contribution >= 0.6 is 11.6 Å². The molecular formula is C7H4ClFN2. The summed E-state index contributed by atoms with van der Waals surface area (Å²) < 4.78 is 12.6. The van der Waals surface area contributed by atoms with E-state index in [0.717, 1.165) is 0 Å². The standard InChI is InChI=1S/C7H4ClFN2/c8-7(10-11-7)5-2-1-3-6(9)4-5/h1-4H. The summed E-state index contributed by atoms with van der Waals surface area (Å²) in [6.45, 7) is 0. The molecule has 2 nitrogen and oxygen atoms in total. The molecule has 0 N–H and O–H groups in total. The van der Waals surface area contributed by atoms with Crippen molar-refractivity contribution < 1.29 is 4.39 Å². The quantitative estimate of drug-likeness (QED) is 0.457. The predicted molar refractivity (Wildman–Crippen MR) is 38.8 cm³/mol. The topological polar surface area (TPSA) is 24.7 Å². The monoisotopic (exact) mass is 170 g/mol. The predicted octanol–water partition coefficient (Wildman–Crippen LogP) is 2.64. The van der Waals surface area contributed by atoms with Gasteiger partial charge >= 0.3 is 0 Å². The average molecular weight is 171 g/mol. The first-order chi connectivity index (χ1) is 5.21. The van der Waals surface area contributed by atoms with Gasteiger partial charge in [-0.2, -0.15) is 0 Å². The van der Waals surface area contributed by atoms with Crippen molar-refractivity contribution in [2.75, 3.05) is 0 Å². The van der Waals surface area contributed by atoms with E-state index in [1.165, 1.54) is 12.1 Å². The van der Waals surface area contributed by atoms with Crippen molar-refractivity contribution in [2.45, 2.75) is 5.12 Å². The molecule has 1 aliphatic heterocycles. The van der Waals surface area contributed by atoms with Gasteiger partial charge in [-0.1, -0.05) is 23.7 Å². The number of nitrogens with zero attached hydrogens (tertiary/aromatic N) is 2. The molecule has 0 atom stereocenters. The van der Waals surface area contributed by atoms with Gasteiger partial charge in [0.25, 0.3) is 5.12 Å². The van der Waals surface area contributed by atoms with Crippen LogP contribution < -0.4 is 0 Å². The van der Waals surface area contributed by atoms with Crippen LogP contribution in [0.25, 0.3) is 0 Å². The molecule has 0 saturated heterocycles. The molecule has 4 heteroatoms. The van der Waals surface area contributed by atoms with Gasteiger partial charge in [0.1, 0.15) is 5.82 Å². The van der Waals surface area contributed by atoms with Crippen molar-refractivity contribution in [3.05, 3.63) is 35.6 Å². The van der Waals surface area contributed by atoms with E-state index in [9.17, 15) is 4.39 Å². The molecule has 1 aromatic rings. The molecule has 0 bridgehead atoms. The molecule has 1 aliphatic rings. The van der Waals surface area contributed by atoms with Crippen LogP contribution in [0.5, 0.6) is 0 Å². The van der Waals surface area contributed by atoms with Gasteiger partial charge in [0, 0.05) is 5.56 Å². The summed E-state index contributed by atoms with van der Waals surface area (Å²) in [5, 5.41) is 6.15. The molecule has 0 fully saturated rings. The van der Waals surface area contributed by atoms with Crippen LogP contribution in [0.3, 0.4) is 0 Å². The number of benzene rings is 1. The number of halogens is 2. The summed E-state index contributed by atoms with van der Waals surface area (Å²) >= 11 is 5.74. The van der Waals surface area contributed by atoms with E-state index in [1.54, 1.807) is 12.1 Å². The fourth-order valence-corrected chi connectivity index (χ4v) is 1.00. The SMILES string of the molecule is Fc1cccc(C2(Cl)N=N2)c1. The van der Waals surface area contributed by atoms with Gasteiger partial charge in [-0.15, -0.1) is 10.2 Å². The molecule has 0 radical (unpaired) electrons. The first kappa shape index (κ1) is 6.73. The fraction of sp³-hybridized carbons (Fsp3) is 0.143. The first-order valence-corrected chi connectivity index (χ1v) is 3.47. The second-order valence-corrected chi connectivity index (χ2v) is 2.82. The molecule has 2 rings (SSSR count). The Morgan fingerprint density at radius 3 is 2.64 bits per heavy atom. The Balaban J connectivity index is 2.39. The van der Waals surface area contributed by atoms with Crippen molar-refractivity contribution in [1.82, 2.24) is 0 Å². The molecule has 0 amide bonds. The minimum absolute atomic E-state index is 0.320. The Bertz CT molecular complexity index is 318. The Kier molecular flexibility index (Phi) is 1.23. The van der Waals surface area contributed by atoms with Crippen LogP contribution in [0, 0.1) is 5.82 Å². The van der Waals surface area contributed by atoms with Gasteiger partial charge in [-0.25, -0.2) is 4.39 Å². The van der Waals surface area contributed by atoms with E-state index in [0.29, 0.717) is 5.56 Å². The largest absolute Gasteiger partial charge is 0.289 e. The second-order valence-electron chi connectivity index (χ2n) is 2.30. The number of hydrogen-bond donors (Lipinski definition) is 0. The average Bonchev–Trinajstić information content (AvgIpc) is 2.70. The molecule has 0 aromatic heterocycles. The van der Waals surface area contributed by atoms with Gasteiger partial charge in [0.15, 0.2) is 0 Å². The van der Waals surface area contributed by atoms with E-state index in [-0.39, 0.29) is 5.82 Å². The van der Waals surface area contributed by atoms with Crippen LogP contribution in [0.15, 0.2) is 34.5 Å². The summed E-state index contributed by atoms with van der Waals surface area (Å²) in [5.41, 5.74) is 0.583. The van der Waals surface area contributed by atoms with Crippen LogP contribution in [0.1, 0.15) is 5.56 Å². The third kappa shape index (κ3) is 1.12. The van der Waals surface area contributed by atoms with Crippen LogP contribution in [-0.2, 0) is 5.12 Å². The molecule has 0 aliphatic carbocycles. The zero-order valence-electron chi connectivity index (χ0n) is 5.46. The van der Waals surface area contributed by atoms with Crippen molar-refractivity contribution in [1.29, 1.82) is 0 Å². The lowest BCUT2D eigenvalue weighted by atomic mass is 10.2. The Morgan fingerprint density at radius 2 is 2.09 bits per heavy atom. The van der Waals surface area contributed by atoms with Crippen LogP contribution in [-0.4, -0.2) is 0 Å². The van der Waals surface area contributed by atoms with Gasteiger partial charge in [0.2, 0.25) is 0 Å². The lowest BCUT2D eigenvalue weighted by Crippen LogP contribution is -1.97. The zero-order valence-corrected chi connectivity index (χ0v) is 6.22. The van der Waals surface area contributed by atoms with Crippen molar-refractivity contribution in [2.24, 2.45) is 10.2 Å². The minimum atomic E-state index is -0.984. The molecule has 1 aromatic carbocycles. The maximum Gasteiger partial charge on any atom is 0.289 e. The van der Waals surface area contributed by atoms with Gasteiger partial charge < -0.3 is 0 Å². The number of rotatable bonds is 1.